The number of carbonyl (C=O) groups excluding carboxylic acids is 1. The molecule has 20 heavy (non-hydrogen) atoms. The van der Waals surface area contributed by atoms with Gasteiger partial charge in [0.2, 0.25) is 0 Å². The first-order valence-corrected chi connectivity index (χ1v) is 8.19. The summed E-state index contributed by atoms with van der Waals surface area (Å²) in [6, 6.07) is 2.56. The Hall–Kier alpha value is -0.660. The molecule has 0 fully saturated rings. The molecule has 0 saturated carbocycles. The van der Waals surface area contributed by atoms with Crippen molar-refractivity contribution in [3.05, 3.63) is 28.3 Å². The molecule has 0 amide bonds. The lowest BCUT2D eigenvalue weighted by atomic mass is 10.1. The van der Waals surface area contributed by atoms with Crippen molar-refractivity contribution in [3.63, 3.8) is 0 Å². The molecule has 1 aromatic rings. The van der Waals surface area contributed by atoms with Gasteiger partial charge in [0, 0.05) is 18.9 Å². The maximum Gasteiger partial charge on any atom is 0.253 e. The van der Waals surface area contributed by atoms with Gasteiger partial charge in [-0.25, -0.2) is 8.42 Å². The van der Waals surface area contributed by atoms with Gasteiger partial charge >= 0.3 is 0 Å². The van der Waals surface area contributed by atoms with Crippen LogP contribution in [0.25, 0.3) is 0 Å². The fraction of sp³-hybridized carbons (Fsp3) is 0.417. The number of ether oxygens (including phenoxy) is 2. The van der Waals surface area contributed by atoms with Crippen molar-refractivity contribution in [2.45, 2.75) is 24.7 Å². The number of rotatable bonds is 6. The Balaban J connectivity index is 3.34. The van der Waals surface area contributed by atoms with Crippen LogP contribution < -0.4 is 0 Å². The zero-order chi connectivity index (χ0) is 15.5. The molecule has 0 aliphatic rings. The van der Waals surface area contributed by atoms with Crippen molar-refractivity contribution in [1.82, 2.24) is 0 Å². The van der Waals surface area contributed by atoms with Crippen molar-refractivity contribution < 1.29 is 22.7 Å². The van der Waals surface area contributed by atoms with Crippen molar-refractivity contribution in [2.24, 2.45) is 0 Å². The highest BCUT2D eigenvalue weighted by molar-refractivity contribution is 7.90. The van der Waals surface area contributed by atoms with E-state index in [2.05, 4.69) is 0 Å². The van der Waals surface area contributed by atoms with Crippen molar-refractivity contribution >= 4 is 38.3 Å². The molecule has 1 atom stereocenters. The van der Waals surface area contributed by atoms with Crippen LogP contribution in [0.1, 0.15) is 22.8 Å². The molecule has 1 aromatic carbocycles. The zero-order valence-corrected chi connectivity index (χ0v) is 13.5. The molecule has 1 rings (SSSR count). The second kappa shape index (κ2) is 6.87. The van der Waals surface area contributed by atoms with Gasteiger partial charge in [0.05, 0.1) is 22.1 Å². The van der Waals surface area contributed by atoms with Crippen molar-refractivity contribution in [3.8, 4) is 0 Å². The van der Waals surface area contributed by atoms with E-state index in [4.69, 9.17) is 32.7 Å². The highest BCUT2D eigenvalue weighted by Gasteiger charge is 2.21. The van der Waals surface area contributed by atoms with Crippen LogP contribution in [0.2, 0.25) is 5.02 Å². The normalized spacial score (nSPS) is 13.2. The van der Waals surface area contributed by atoms with Crippen LogP contribution >= 0.6 is 23.2 Å². The Kier molecular flexibility index (Phi) is 5.97. The standard InChI is InChI=1S/C12H14Cl2O5S/c1-7(18-2)19-6-9-10(20(3,16)17)5-4-8(11(9)13)12(14)15/h4-5,7H,6H2,1-3H3. The third-order valence-corrected chi connectivity index (χ3v) is 4.42. The Morgan fingerprint density at radius 1 is 1.40 bits per heavy atom. The fourth-order valence-electron chi connectivity index (χ4n) is 1.51. The molecule has 0 spiro atoms. The maximum atomic E-state index is 11.7. The number of carbonyl (C=O) groups is 1. The SMILES string of the molecule is COC(C)OCc1c(S(C)(=O)=O)ccc(C(=O)Cl)c1Cl. The van der Waals surface area contributed by atoms with E-state index in [1.165, 1.54) is 19.2 Å². The van der Waals surface area contributed by atoms with Crippen molar-refractivity contribution in [1.29, 1.82) is 0 Å². The average molecular weight is 341 g/mol. The van der Waals surface area contributed by atoms with Gasteiger partial charge in [-0.3, -0.25) is 4.79 Å². The molecule has 0 saturated heterocycles. The fourth-order valence-corrected chi connectivity index (χ4v) is 3.00. The highest BCUT2D eigenvalue weighted by atomic mass is 35.5. The van der Waals surface area contributed by atoms with E-state index in [0.29, 0.717) is 0 Å². The third kappa shape index (κ3) is 4.17. The van der Waals surface area contributed by atoms with Crippen LogP contribution in [0.5, 0.6) is 0 Å². The number of sulfone groups is 1. The highest BCUT2D eigenvalue weighted by Crippen LogP contribution is 2.30. The molecule has 112 valence electrons. The Bertz CT molecular complexity index is 613. The van der Waals surface area contributed by atoms with Gasteiger partial charge in [-0.05, 0) is 30.7 Å². The molecule has 0 radical (unpaired) electrons. The smallest absolute Gasteiger partial charge is 0.253 e. The molecular weight excluding hydrogens is 327 g/mol. The number of hydrogen-bond acceptors (Lipinski definition) is 5. The predicted molar refractivity (Wildman–Crippen MR) is 76.0 cm³/mol. The Labute approximate surface area is 127 Å². The van der Waals surface area contributed by atoms with Gasteiger partial charge in [-0.15, -0.1) is 0 Å². The van der Waals surface area contributed by atoms with Crippen LogP contribution in [0, 0.1) is 0 Å². The average Bonchev–Trinajstić information content (AvgIpc) is 2.34. The molecule has 8 heteroatoms. The molecule has 1 unspecified atom stereocenters. The topological polar surface area (TPSA) is 69.7 Å². The summed E-state index contributed by atoms with van der Waals surface area (Å²) < 4.78 is 33.7. The second-order valence-corrected chi connectivity index (χ2v) is 6.77. The van der Waals surface area contributed by atoms with Crippen LogP contribution in [-0.2, 0) is 25.9 Å². The minimum Gasteiger partial charge on any atom is -0.356 e. The zero-order valence-electron chi connectivity index (χ0n) is 11.1. The van der Waals surface area contributed by atoms with Gasteiger partial charge in [0.25, 0.3) is 5.24 Å². The molecule has 0 aromatic heterocycles. The van der Waals surface area contributed by atoms with E-state index in [1.807, 2.05) is 0 Å². The molecule has 0 aliphatic heterocycles. The van der Waals surface area contributed by atoms with E-state index in [-0.39, 0.29) is 27.7 Å². The first-order valence-electron chi connectivity index (χ1n) is 5.54. The van der Waals surface area contributed by atoms with Gasteiger partial charge in [-0.2, -0.15) is 0 Å². The summed E-state index contributed by atoms with van der Waals surface area (Å²) in [6.07, 6.45) is 0.498. The molecule has 0 N–H and O–H groups in total. The van der Waals surface area contributed by atoms with Gasteiger partial charge in [0.15, 0.2) is 16.1 Å². The van der Waals surface area contributed by atoms with Gasteiger partial charge in [0.1, 0.15) is 0 Å². The van der Waals surface area contributed by atoms with Crippen LogP contribution in [-0.4, -0.2) is 33.3 Å². The van der Waals surface area contributed by atoms with E-state index in [0.717, 1.165) is 6.26 Å². The molecule has 0 heterocycles. The summed E-state index contributed by atoms with van der Waals surface area (Å²) in [5, 5.41) is -0.799. The lowest BCUT2D eigenvalue weighted by molar-refractivity contribution is -0.119. The Morgan fingerprint density at radius 3 is 2.45 bits per heavy atom. The lowest BCUT2D eigenvalue weighted by Gasteiger charge is -2.15. The van der Waals surface area contributed by atoms with Crippen LogP contribution in [0.15, 0.2) is 17.0 Å². The van der Waals surface area contributed by atoms with Crippen LogP contribution in [0.3, 0.4) is 0 Å². The van der Waals surface area contributed by atoms with E-state index < -0.39 is 21.4 Å². The van der Waals surface area contributed by atoms with E-state index >= 15 is 0 Å². The largest absolute Gasteiger partial charge is 0.356 e. The first-order chi connectivity index (χ1) is 9.18. The number of methoxy groups -OCH3 is 1. The molecular formula is C12H14Cl2O5S. The second-order valence-electron chi connectivity index (χ2n) is 4.06. The summed E-state index contributed by atoms with van der Waals surface area (Å²) >= 11 is 11.4. The summed E-state index contributed by atoms with van der Waals surface area (Å²) in [6.45, 7) is 1.53. The summed E-state index contributed by atoms with van der Waals surface area (Å²) in [5.74, 6) is 0. The van der Waals surface area contributed by atoms with Gasteiger partial charge < -0.3 is 9.47 Å². The first kappa shape index (κ1) is 17.4. The minimum atomic E-state index is -3.51. The van der Waals surface area contributed by atoms with Gasteiger partial charge in [-0.1, -0.05) is 11.6 Å². The Morgan fingerprint density at radius 2 is 2.00 bits per heavy atom. The molecule has 5 nitrogen and oxygen atoms in total. The monoisotopic (exact) mass is 340 g/mol. The van der Waals surface area contributed by atoms with E-state index in [9.17, 15) is 13.2 Å². The number of benzene rings is 1. The minimum absolute atomic E-state index is 0.00697. The predicted octanol–water partition coefficient (Wildman–Crippen LogP) is 2.63. The third-order valence-electron chi connectivity index (χ3n) is 2.61. The lowest BCUT2D eigenvalue weighted by Crippen LogP contribution is -2.13. The molecule has 0 aliphatic carbocycles. The maximum absolute atomic E-state index is 11.7. The molecule has 0 bridgehead atoms. The van der Waals surface area contributed by atoms with E-state index in [1.54, 1.807) is 6.92 Å². The number of halogens is 2. The van der Waals surface area contributed by atoms with Crippen LogP contribution in [0.4, 0.5) is 0 Å². The summed E-state index contributed by atoms with van der Waals surface area (Å²) in [4.78, 5) is 11.2. The summed E-state index contributed by atoms with van der Waals surface area (Å²) in [7, 11) is -2.07. The quantitative estimate of drug-likeness (QED) is 0.588. The summed E-state index contributed by atoms with van der Waals surface area (Å²) in [5.41, 5.74) is 0.217. The van der Waals surface area contributed by atoms with Crippen molar-refractivity contribution in [2.75, 3.05) is 13.4 Å². The number of hydrogen-bond donors (Lipinski definition) is 0.